The van der Waals surface area contributed by atoms with Gasteiger partial charge in [0, 0.05) is 11.3 Å². The molecule has 0 aliphatic heterocycles. The Kier molecular flexibility index (Phi) is 7.36. The zero-order chi connectivity index (χ0) is 24.2. The summed E-state index contributed by atoms with van der Waals surface area (Å²) in [6.45, 7) is 1.81. The summed E-state index contributed by atoms with van der Waals surface area (Å²) in [5.41, 5.74) is 7.76. The second-order valence-corrected chi connectivity index (χ2v) is 10.3. The molecule has 2 aromatic heterocycles. The molecule has 3 aromatic rings. The maximum atomic E-state index is 12.9. The number of aromatic nitrogens is 1. The first-order chi connectivity index (χ1) is 15.7. The molecule has 0 saturated carbocycles. The molecule has 9 nitrogen and oxygen atoms in total. The van der Waals surface area contributed by atoms with Crippen LogP contribution in [0.2, 0.25) is 0 Å². The van der Waals surface area contributed by atoms with Crippen LogP contribution in [0.1, 0.15) is 24.5 Å². The number of sulfonamides is 1. The Morgan fingerprint density at radius 3 is 2.39 bits per heavy atom. The number of benzene rings is 1. The van der Waals surface area contributed by atoms with E-state index in [1.54, 1.807) is 18.4 Å². The summed E-state index contributed by atoms with van der Waals surface area (Å²) in [6, 6.07) is 11.4. The molecule has 0 bridgehead atoms. The van der Waals surface area contributed by atoms with Crippen LogP contribution in [-0.2, 0) is 14.8 Å². The second-order valence-electron chi connectivity index (χ2n) is 6.74. The first-order valence-electron chi connectivity index (χ1n) is 9.46. The number of hydrogen-bond acceptors (Lipinski definition) is 9. The van der Waals surface area contributed by atoms with Gasteiger partial charge in [-0.3, -0.25) is 4.79 Å². The van der Waals surface area contributed by atoms with E-state index in [9.17, 15) is 23.7 Å². The largest absolute Gasteiger partial charge is 0.383 e. The van der Waals surface area contributed by atoms with E-state index >= 15 is 0 Å². The molecule has 1 amide bonds. The highest BCUT2D eigenvalue weighted by atomic mass is 32.2. The molecule has 1 aromatic carbocycles. The molecule has 0 radical (unpaired) electrons. The van der Waals surface area contributed by atoms with Crippen LogP contribution in [0.25, 0.3) is 11.1 Å². The highest BCUT2D eigenvalue weighted by Crippen LogP contribution is 2.38. The van der Waals surface area contributed by atoms with Crippen molar-refractivity contribution in [2.45, 2.75) is 28.5 Å². The Labute approximate surface area is 199 Å². The fourth-order valence-electron chi connectivity index (χ4n) is 2.99. The Morgan fingerprint density at radius 1 is 1.21 bits per heavy atom. The van der Waals surface area contributed by atoms with Gasteiger partial charge in [-0.25, -0.2) is 18.5 Å². The minimum absolute atomic E-state index is 0.0194. The van der Waals surface area contributed by atoms with Crippen LogP contribution in [0.5, 0.6) is 0 Å². The molecular formula is C21H18N6O3S3. The number of nitrogens with two attached hydrogens (primary N) is 2. The third-order valence-corrected chi connectivity index (χ3v) is 7.56. The summed E-state index contributed by atoms with van der Waals surface area (Å²) in [6.07, 6.45) is 0.409. The molecule has 12 heteroatoms. The van der Waals surface area contributed by atoms with Gasteiger partial charge in [0.2, 0.25) is 15.9 Å². The van der Waals surface area contributed by atoms with Gasteiger partial charge < -0.3 is 11.1 Å². The van der Waals surface area contributed by atoms with Gasteiger partial charge in [-0.2, -0.15) is 21.9 Å². The molecule has 3 rings (SSSR count). The monoisotopic (exact) mass is 498 g/mol. The third-order valence-electron chi connectivity index (χ3n) is 4.59. The lowest BCUT2D eigenvalue weighted by Gasteiger charge is -2.17. The van der Waals surface area contributed by atoms with Gasteiger partial charge in [0.05, 0.1) is 15.7 Å². The molecule has 0 fully saturated rings. The molecule has 33 heavy (non-hydrogen) atoms. The number of hydrogen-bond donors (Lipinski definition) is 3. The molecule has 0 saturated heterocycles. The van der Waals surface area contributed by atoms with Crippen molar-refractivity contribution in [1.29, 1.82) is 10.5 Å². The fraction of sp³-hybridized carbons (Fsp3) is 0.143. The van der Waals surface area contributed by atoms with E-state index in [2.05, 4.69) is 16.4 Å². The number of anilines is 2. The van der Waals surface area contributed by atoms with Crippen molar-refractivity contribution in [2.24, 2.45) is 5.14 Å². The van der Waals surface area contributed by atoms with Crippen LogP contribution in [0.3, 0.4) is 0 Å². The van der Waals surface area contributed by atoms with Gasteiger partial charge in [0.15, 0.2) is 0 Å². The zero-order valence-corrected chi connectivity index (χ0v) is 19.7. The molecule has 2 heterocycles. The van der Waals surface area contributed by atoms with Crippen molar-refractivity contribution in [3.8, 4) is 23.3 Å². The van der Waals surface area contributed by atoms with E-state index in [-0.39, 0.29) is 32.8 Å². The van der Waals surface area contributed by atoms with Gasteiger partial charge in [0.1, 0.15) is 28.5 Å². The number of carbonyl (C=O) groups is 1. The van der Waals surface area contributed by atoms with Crippen LogP contribution < -0.4 is 16.2 Å². The number of rotatable bonds is 7. The van der Waals surface area contributed by atoms with Crippen LogP contribution in [0.4, 0.5) is 11.5 Å². The molecule has 5 N–H and O–H groups in total. The topological polar surface area (TPSA) is 176 Å². The highest BCUT2D eigenvalue weighted by molar-refractivity contribution is 8.00. The second kappa shape index (κ2) is 10.0. The number of nitrogen functional groups attached to an aromatic ring is 1. The number of carbonyl (C=O) groups excluding carboxylic acids is 1. The average Bonchev–Trinajstić information content (AvgIpc) is 3.31. The standard InChI is InChI=1S/C21H18N6O3S3/c1-2-17(20(28)26-13-3-5-14(6-4-13)33(25,29)30)32-21-16(10-23)18(12-7-8-31-11-12)15(9-22)19(24)27-21/h3-8,11,17H,2H2,1H3,(H2,24,27)(H,26,28)(H2,25,29,30). The average molecular weight is 499 g/mol. The minimum atomic E-state index is -3.84. The van der Waals surface area contributed by atoms with Gasteiger partial charge in [-0.05, 0) is 53.1 Å². The Morgan fingerprint density at radius 2 is 1.88 bits per heavy atom. The quantitative estimate of drug-likeness (QED) is 0.416. The fourth-order valence-corrected chi connectivity index (χ4v) is 5.17. The minimum Gasteiger partial charge on any atom is -0.383 e. The van der Waals surface area contributed by atoms with Crippen molar-refractivity contribution in [3.63, 3.8) is 0 Å². The number of pyridine rings is 1. The first kappa shape index (κ1) is 24.2. The van der Waals surface area contributed by atoms with Gasteiger partial charge in [-0.1, -0.05) is 18.7 Å². The lowest BCUT2D eigenvalue weighted by atomic mass is 9.99. The molecule has 168 valence electrons. The van der Waals surface area contributed by atoms with E-state index in [0.717, 1.165) is 11.8 Å². The van der Waals surface area contributed by atoms with Crippen molar-refractivity contribution in [3.05, 3.63) is 52.2 Å². The molecule has 1 atom stereocenters. The predicted molar refractivity (Wildman–Crippen MR) is 128 cm³/mol. The number of thioether (sulfide) groups is 1. The maximum absolute atomic E-state index is 12.9. The Balaban J connectivity index is 1.92. The molecule has 1 unspecified atom stereocenters. The summed E-state index contributed by atoms with van der Waals surface area (Å²) in [7, 11) is -3.84. The summed E-state index contributed by atoms with van der Waals surface area (Å²) in [5, 5.41) is 30.5. The summed E-state index contributed by atoms with van der Waals surface area (Å²) < 4.78 is 22.8. The highest BCUT2D eigenvalue weighted by Gasteiger charge is 2.25. The number of primary sulfonamides is 1. The number of amides is 1. The maximum Gasteiger partial charge on any atom is 0.238 e. The lowest BCUT2D eigenvalue weighted by Crippen LogP contribution is -2.25. The number of nitrogens with one attached hydrogen (secondary N) is 1. The van der Waals surface area contributed by atoms with E-state index in [4.69, 9.17) is 10.9 Å². The van der Waals surface area contributed by atoms with Crippen LogP contribution in [0, 0.1) is 22.7 Å². The van der Waals surface area contributed by atoms with Gasteiger partial charge >= 0.3 is 0 Å². The van der Waals surface area contributed by atoms with E-state index in [0.29, 0.717) is 23.2 Å². The summed E-state index contributed by atoms with van der Waals surface area (Å²) in [4.78, 5) is 17.1. The van der Waals surface area contributed by atoms with Crippen LogP contribution >= 0.6 is 23.1 Å². The molecule has 0 aliphatic rings. The zero-order valence-electron chi connectivity index (χ0n) is 17.3. The van der Waals surface area contributed by atoms with E-state index < -0.39 is 15.3 Å². The smallest absolute Gasteiger partial charge is 0.238 e. The number of thiophene rings is 1. The van der Waals surface area contributed by atoms with Gasteiger partial charge in [0.25, 0.3) is 0 Å². The SMILES string of the molecule is CCC(Sc1nc(N)c(C#N)c(-c2ccsc2)c1C#N)C(=O)Nc1ccc(S(N)(=O)=O)cc1. The Hall–Kier alpha value is -3.42. The predicted octanol–water partition coefficient (Wildman–Crippen LogP) is 3.29. The van der Waals surface area contributed by atoms with Crippen LogP contribution in [0.15, 0.2) is 51.0 Å². The molecule has 0 spiro atoms. The summed E-state index contributed by atoms with van der Waals surface area (Å²) >= 11 is 2.49. The van der Waals surface area contributed by atoms with Gasteiger partial charge in [-0.15, -0.1) is 0 Å². The number of nitrogens with zero attached hydrogens (tertiary/aromatic N) is 3. The van der Waals surface area contributed by atoms with Crippen LogP contribution in [-0.4, -0.2) is 24.6 Å². The number of nitriles is 2. The molecule has 0 aliphatic carbocycles. The third kappa shape index (κ3) is 5.32. The van der Waals surface area contributed by atoms with E-state index in [1.165, 1.54) is 35.6 Å². The van der Waals surface area contributed by atoms with Crippen molar-refractivity contribution in [1.82, 2.24) is 4.98 Å². The lowest BCUT2D eigenvalue weighted by molar-refractivity contribution is -0.115. The molecular weight excluding hydrogens is 480 g/mol. The van der Waals surface area contributed by atoms with E-state index in [1.807, 2.05) is 11.4 Å². The summed E-state index contributed by atoms with van der Waals surface area (Å²) in [5.74, 6) is -0.384. The Bertz CT molecular complexity index is 1370. The first-order valence-corrected chi connectivity index (χ1v) is 12.8. The van der Waals surface area contributed by atoms with Crippen molar-refractivity contribution in [2.75, 3.05) is 11.1 Å². The van der Waals surface area contributed by atoms with Crippen molar-refractivity contribution >= 4 is 50.5 Å². The van der Waals surface area contributed by atoms with Crippen molar-refractivity contribution < 1.29 is 13.2 Å². The normalized spacial score (nSPS) is 11.9.